The number of likely N-dealkylation sites (tertiary alicyclic amines) is 1. The zero-order chi connectivity index (χ0) is 29.6. The van der Waals surface area contributed by atoms with Gasteiger partial charge in [-0.25, -0.2) is 14.8 Å². The molecule has 1 aliphatic carbocycles. The van der Waals surface area contributed by atoms with Gasteiger partial charge in [-0.05, 0) is 74.0 Å². The first-order chi connectivity index (χ1) is 19.3. The van der Waals surface area contributed by atoms with Crippen LogP contribution in [0.2, 0.25) is 0 Å². The molecule has 7 nitrogen and oxygen atoms in total. The van der Waals surface area contributed by atoms with Crippen molar-refractivity contribution in [1.29, 1.82) is 0 Å². The molecular formula is C30H38BrF3N4O3. The monoisotopic (exact) mass is 638 g/mol. The molecule has 5 rings (SSSR count). The number of aromatic nitrogens is 2. The molecule has 1 spiro atoms. The number of carbonyl (C=O) groups excluding carboxylic acids is 1. The van der Waals surface area contributed by atoms with Crippen molar-refractivity contribution < 1.29 is 27.4 Å². The number of rotatable bonds is 5. The summed E-state index contributed by atoms with van der Waals surface area (Å²) in [4.78, 5) is 26.4. The molecule has 1 aromatic heterocycles. The van der Waals surface area contributed by atoms with E-state index >= 15 is 0 Å². The number of fused-ring (bicyclic) bond motifs is 1. The Kier molecular flexibility index (Phi) is 8.22. The SMILES string of the molecule is C=Cc1cc2c(N3CCC4(CC3)CN(C(=O)OC(C)(C)C)C4)nc(C3CCCCC3)nc2c(OCC(F)(F)F)c1Br. The maximum Gasteiger partial charge on any atom is 0.422 e. The molecule has 3 aliphatic rings. The summed E-state index contributed by atoms with van der Waals surface area (Å²) in [6.07, 6.45) is 3.81. The summed E-state index contributed by atoms with van der Waals surface area (Å²) in [5, 5.41) is 0.653. The predicted molar refractivity (Wildman–Crippen MR) is 156 cm³/mol. The number of piperidine rings is 1. The fourth-order valence-electron chi connectivity index (χ4n) is 6.18. The Morgan fingerprint density at radius 3 is 2.39 bits per heavy atom. The highest BCUT2D eigenvalue weighted by Gasteiger charge is 2.48. The zero-order valence-electron chi connectivity index (χ0n) is 23.9. The summed E-state index contributed by atoms with van der Waals surface area (Å²) in [7, 11) is 0. The smallest absolute Gasteiger partial charge is 0.422 e. The number of nitrogens with zero attached hydrogens (tertiary/aromatic N) is 4. The van der Waals surface area contributed by atoms with Gasteiger partial charge in [-0.2, -0.15) is 13.2 Å². The average molecular weight is 640 g/mol. The minimum absolute atomic E-state index is 0.0404. The topological polar surface area (TPSA) is 67.8 Å². The number of hydrogen-bond donors (Lipinski definition) is 0. The summed E-state index contributed by atoms with van der Waals surface area (Å²) < 4.78 is 51.0. The van der Waals surface area contributed by atoms with E-state index in [-0.39, 0.29) is 23.2 Å². The van der Waals surface area contributed by atoms with Gasteiger partial charge < -0.3 is 19.3 Å². The Morgan fingerprint density at radius 2 is 1.80 bits per heavy atom. The highest BCUT2D eigenvalue weighted by atomic mass is 79.9. The molecule has 1 amide bonds. The van der Waals surface area contributed by atoms with E-state index in [9.17, 15) is 18.0 Å². The van der Waals surface area contributed by atoms with E-state index in [0.29, 0.717) is 39.9 Å². The van der Waals surface area contributed by atoms with Gasteiger partial charge >= 0.3 is 12.3 Å². The molecule has 0 unspecified atom stereocenters. The highest BCUT2D eigenvalue weighted by molar-refractivity contribution is 9.10. The second-order valence-corrected chi connectivity index (χ2v) is 13.5. The standard InChI is InChI=1S/C30H38BrF3N4O3/c1-5-19-15-21-23(24(22(19)31)40-18-30(32,33)34)35-25(20-9-7-6-8-10-20)36-26(21)37-13-11-29(12-14-37)16-38(17-29)27(39)41-28(2,3)4/h5,15,20H,1,6-14,16-18H2,2-4H3. The molecule has 0 radical (unpaired) electrons. The Hall–Kier alpha value is -2.56. The third kappa shape index (κ3) is 6.60. The Bertz CT molecular complexity index is 1310. The van der Waals surface area contributed by atoms with Crippen LogP contribution in [0.25, 0.3) is 17.0 Å². The van der Waals surface area contributed by atoms with Gasteiger partial charge in [0.05, 0.1) is 4.47 Å². The normalized spacial score (nSPS) is 19.8. The van der Waals surface area contributed by atoms with Crippen molar-refractivity contribution in [3.8, 4) is 5.75 Å². The van der Waals surface area contributed by atoms with E-state index in [1.54, 1.807) is 11.0 Å². The van der Waals surface area contributed by atoms with Crippen molar-refractivity contribution in [2.45, 2.75) is 83.4 Å². The van der Waals surface area contributed by atoms with Crippen LogP contribution in [0.1, 0.15) is 83.0 Å². The molecule has 1 saturated carbocycles. The molecule has 1 aromatic carbocycles. The predicted octanol–water partition coefficient (Wildman–Crippen LogP) is 7.86. The fourth-order valence-corrected chi connectivity index (χ4v) is 6.76. The maximum atomic E-state index is 13.2. The molecule has 3 fully saturated rings. The lowest BCUT2D eigenvalue weighted by Crippen LogP contribution is -2.62. The van der Waals surface area contributed by atoms with E-state index in [4.69, 9.17) is 19.4 Å². The van der Waals surface area contributed by atoms with Gasteiger partial charge in [-0.3, -0.25) is 0 Å². The molecule has 41 heavy (non-hydrogen) atoms. The molecule has 0 atom stereocenters. The zero-order valence-corrected chi connectivity index (χ0v) is 25.5. The lowest BCUT2D eigenvalue weighted by molar-refractivity contribution is -0.153. The van der Waals surface area contributed by atoms with Crippen LogP contribution >= 0.6 is 15.9 Å². The number of alkyl halides is 3. The summed E-state index contributed by atoms with van der Waals surface area (Å²) in [5.41, 5.74) is 0.510. The van der Waals surface area contributed by atoms with Crippen molar-refractivity contribution in [1.82, 2.24) is 14.9 Å². The van der Waals surface area contributed by atoms with Crippen molar-refractivity contribution in [3.63, 3.8) is 0 Å². The Labute approximate surface area is 247 Å². The molecule has 11 heteroatoms. The summed E-state index contributed by atoms with van der Waals surface area (Å²) in [6.45, 7) is 10.8. The molecule has 0 N–H and O–H groups in total. The first kappa shape index (κ1) is 29.9. The largest absolute Gasteiger partial charge is 0.481 e. The van der Waals surface area contributed by atoms with Gasteiger partial charge in [0, 0.05) is 42.9 Å². The molecule has 0 bridgehead atoms. The van der Waals surface area contributed by atoms with Gasteiger partial charge in [-0.15, -0.1) is 0 Å². The Morgan fingerprint density at radius 1 is 1.15 bits per heavy atom. The lowest BCUT2D eigenvalue weighted by atomic mass is 9.72. The van der Waals surface area contributed by atoms with Crippen LogP contribution in [-0.2, 0) is 4.74 Å². The Balaban J connectivity index is 1.46. The summed E-state index contributed by atoms with van der Waals surface area (Å²) in [6, 6.07) is 1.88. The van der Waals surface area contributed by atoms with E-state index in [1.807, 2.05) is 26.8 Å². The number of halogens is 4. The number of ether oxygens (including phenoxy) is 2. The van der Waals surface area contributed by atoms with Crippen molar-refractivity contribution in [2.75, 3.05) is 37.7 Å². The van der Waals surface area contributed by atoms with Crippen molar-refractivity contribution in [3.05, 3.63) is 28.5 Å². The third-order valence-corrected chi connectivity index (χ3v) is 9.13. The van der Waals surface area contributed by atoms with E-state index < -0.39 is 18.4 Å². The van der Waals surface area contributed by atoms with Crippen LogP contribution in [0.4, 0.5) is 23.8 Å². The molecule has 2 saturated heterocycles. The molecule has 2 aromatic rings. The van der Waals surface area contributed by atoms with Crippen LogP contribution in [0.3, 0.4) is 0 Å². The maximum absolute atomic E-state index is 13.2. The number of hydrogen-bond acceptors (Lipinski definition) is 6. The van der Waals surface area contributed by atoms with Gasteiger partial charge in [-0.1, -0.05) is 31.9 Å². The van der Waals surface area contributed by atoms with Gasteiger partial charge in [0.1, 0.15) is 22.8 Å². The van der Waals surface area contributed by atoms with Gasteiger partial charge in [0.25, 0.3) is 0 Å². The number of amides is 1. The van der Waals surface area contributed by atoms with Crippen LogP contribution in [0, 0.1) is 5.41 Å². The van der Waals surface area contributed by atoms with Gasteiger partial charge in [0.2, 0.25) is 0 Å². The average Bonchev–Trinajstić information content (AvgIpc) is 2.89. The first-order valence-electron chi connectivity index (χ1n) is 14.4. The van der Waals surface area contributed by atoms with E-state index in [0.717, 1.165) is 57.4 Å². The van der Waals surface area contributed by atoms with E-state index in [2.05, 4.69) is 27.4 Å². The molecule has 224 valence electrons. The lowest BCUT2D eigenvalue weighted by Gasteiger charge is -2.53. The third-order valence-electron chi connectivity index (χ3n) is 8.31. The number of anilines is 1. The number of benzene rings is 1. The first-order valence-corrected chi connectivity index (χ1v) is 15.2. The summed E-state index contributed by atoms with van der Waals surface area (Å²) >= 11 is 3.46. The van der Waals surface area contributed by atoms with Crippen LogP contribution in [-0.4, -0.2) is 65.5 Å². The minimum Gasteiger partial charge on any atom is -0.481 e. The quantitative estimate of drug-likeness (QED) is 0.332. The second-order valence-electron chi connectivity index (χ2n) is 12.7. The minimum atomic E-state index is -4.49. The van der Waals surface area contributed by atoms with Gasteiger partial charge in [0.15, 0.2) is 12.4 Å². The van der Waals surface area contributed by atoms with Crippen LogP contribution < -0.4 is 9.64 Å². The van der Waals surface area contributed by atoms with Crippen molar-refractivity contribution >= 4 is 44.8 Å². The summed E-state index contributed by atoms with van der Waals surface area (Å²) in [5.74, 6) is 1.62. The molecular weight excluding hydrogens is 601 g/mol. The van der Waals surface area contributed by atoms with E-state index in [1.165, 1.54) is 6.42 Å². The van der Waals surface area contributed by atoms with Crippen LogP contribution in [0.5, 0.6) is 5.75 Å². The number of carbonyl (C=O) groups is 1. The highest BCUT2D eigenvalue weighted by Crippen LogP contribution is 2.45. The second kappa shape index (κ2) is 11.3. The molecule has 3 heterocycles. The molecule has 2 aliphatic heterocycles. The fraction of sp³-hybridized carbons (Fsp3) is 0.633. The van der Waals surface area contributed by atoms with Crippen molar-refractivity contribution in [2.24, 2.45) is 5.41 Å². The van der Waals surface area contributed by atoms with Crippen LogP contribution in [0.15, 0.2) is 17.1 Å².